The van der Waals surface area contributed by atoms with Gasteiger partial charge in [-0.15, -0.1) is 11.3 Å². The zero-order chi connectivity index (χ0) is 15.0. The number of halogens is 1. The van der Waals surface area contributed by atoms with E-state index in [0.717, 1.165) is 40.8 Å². The van der Waals surface area contributed by atoms with Crippen LogP contribution in [0.5, 0.6) is 0 Å². The van der Waals surface area contributed by atoms with Crippen molar-refractivity contribution in [3.63, 3.8) is 0 Å². The van der Waals surface area contributed by atoms with Crippen LogP contribution in [0.1, 0.15) is 57.4 Å². The second-order valence-corrected chi connectivity index (χ2v) is 9.00. The van der Waals surface area contributed by atoms with Gasteiger partial charge in [-0.05, 0) is 49.1 Å². The van der Waals surface area contributed by atoms with Crippen LogP contribution in [-0.2, 0) is 0 Å². The van der Waals surface area contributed by atoms with E-state index in [9.17, 15) is 5.11 Å². The number of hydrogen-bond acceptors (Lipinski definition) is 3. The van der Waals surface area contributed by atoms with Crippen molar-refractivity contribution in [2.24, 2.45) is 22.5 Å². The Kier molecular flexibility index (Phi) is 4.85. The van der Waals surface area contributed by atoms with Gasteiger partial charge < -0.3 is 10.8 Å². The molecule has 0 aromatic carbocycles. The van der Waals surface area contributed by atoms with Gasteiger partial charge in [0.05, 0.1) is 10.4 Å². The monoisotopic (exact) mass is 315 g/mol. The van der Waals surface area contributed by atoms with E-state index in [1.165, 1.54) is 11.3 Å². The Morgan fingerprint density at radius 3 is 2.40 bits per heavy atom. The summed E-state index contributed by atoms with van der Waals surface area (Å²) in [5.74, 6) is 0.723. The molecular formula is C16H26ClNOS. The Balaban J connectivity index is 2.12. The van der Waals surface area contributed by atoms with Gasteiger partial charge in [0.25, 0.3) is 0 Å². The minimum Gasteiger partial charge on any atom is -0.387 e. The zero-order valence-corrected chi connectivity index (χ0v) is 14.2. The fourth-order valence-corrected chi connectivity index (χ4v) is 4.61. The van der Waals surface area contributed by atoms with E-state index in [1.807, 2.05) is 12.1 Å². The number of nitrogens with two attached hydrogens (primary N) is 1. The van der Waals surface area contributed by atoms with Gasteiger partial charge in [0.1, 0.15) is 0 Å². The smallest absolute Gasteiger partial charge is 0.0950 e. The van der Waals surface area contributed by atoms with E-state index in [4.69, 9.17) is 17.3 Å². The molecule has 114 valence electrons. The lowest BCUT2D eigenvalue weighted by Gasteiger charge is -2.45. The second-order valence-electron chi connectivity index (χ2n) is 7.25. The highest BCUT2D eigenvalue weighted by Gasteiger charge is 2.43. The average Bonchev–Trinajstić information content (AvgIpc) is 2.83. The van der Waals surface area contributed by atoms with E-state index in [1.54, 1.807) is 0 Å². The Hall–Kier alpha value is -0.0900. The molecule has 1 fully saturated rings. The SMILES string of the molecule is CC(C)(C)C1CCC(CN)(C(O)c2ccc(Cl)s2)CC1. The summed E-state index contributed by atoms with van der Waals surface area (Å²) >= 11 is 7.46. The van der Waals surface area contributed by atoms with Gasteiger partial charge in [0.2, 0.25) is 0 Å². The lowest BCUT2D eigenvalue weighted by atomic mass is 9.62. The van der Waals surface area contributed by atoms with E-state index in [-0.39, 0.29) is 5.41 Å². The molecule has 20 heavy (non-hydrogen) atoms. The number of rotatable bonds is 3. The first kappa shape index (κ1) is 16.3. The molecule has 3 N–H and O–H groups in total. The van der Waals surface area contributed by atoms with Crippen LogP contribution in [0.4, 0.5) is 0 Å². The van der Waals surface area contributed by atoms with Gasteiger partial charge in [-0.25, -0.2) is 0 Å². The van der Waals surface area contributed by atoms with E-state index in [0.29, 0.717) is 12.0 Å². The Morgan fingerprint density at radius 2 is 2.00 bits per heavy atom. The van der Waals surface area contributed by atoms with Crippen LogP contribution in [0.2, 0.25) is 4.34 Å². The van der Waals surface area contributed by atoms with Gasteiger partial charge in [0.15, 0.2) is 0 Å². The van der Waals surface area contributed by atoms with Crippen LogP contribution in [-0.4, -0.2) is 11.7 Å². The quantitative estimate of drug-likeness (QED) is 0.855. The van der Waals surface area contributed by atoms with Gasteiger partial charge in [-0.2, -0.15) is 0 Å². The third-order valence-corrected chi connectivity index (χ3v) is 6.34. The van der Waals surface area contributed by atoms with Crippen molar-refractivity contribution >= 4 is 22.9 Å². The summed E-state index contributed by atoms with van der Waals surface area (Å²) in [6, 6.07) is 3.79. The topological polar surface area (TPSA) is 46.2 Å². The van der Waals surface area contributed by atoms with Crippen LogP contribution in [0.25, 0.3) is 0 Å². The highest BCUT2D eigenvalue weighted by molar-refractivity contribution is 7.16. The molecule has 1 saturated carbocycles. The number of hydrogen-bond donors (Lipinski definition) is 2. The molecule has 0 aliphatic heterocycles. The molecular weight excluding hydrogens is 290 g/mol. The van der Waals surface area contributed by atoms with Crippen molar-refractivity contribution in [2.45, 2.75) is 52.6 Å². The predicted molar refractivity (Wildman–Crippen MR) is 87.2 cm³/mol. The fraction of sp³-hybridized carbons (Fsp3) is 0.750. The summed E-state index contributed by atoms with van der Waals surface area (Å²) < 4.78 is 0.731. The van der Waals surface area contributed by atoms with Crippen molar-refractivity contribution in [3.05, 3.63) is 21.3 Å². The first-order chi connectivity index (χ1) is 9.28. The molecule has 1 aromatic rings. The molecule has 1 aliphatic rings. The molecule has 1 heterocycles. The third-order valence-electron chi connectivity index (χ3n) is 5.06. The lowest BCUT2D eigenvalue weighted by molar-refractivity contribution is -0.0214. The first-order valence-electron chi connectivity index (χ1n) is 7.42. The summed E-state index contributed by atoms with van der Waals surface area (Å²) in [6.45, 7) is 7.47. The van der Waals surface area contributed by atoms with Crippen molar-refractivity contribution in [1.29, 1.82) is 0 Å². The van der Waals surface area contributed by atoms with Gasteiger partial charge in [0, 0.05) is 16.8 Å². The number of aliphatic hydroxyl groups excluding tert-OH is 1. The average molecular weight is 316 g/mol. The minimum atomic E-state index is -0.481. The maximum absolute atomic E-state index is 10.8. The number of aliphatic hydroxyl groups is 1. The second kappa shape index (κ2) is 5.96. The van der Waals surface area contributed by atoms with Crippen molar-refractivity contribution in [2.75, 3.05) is 6.54 Å². The van der Waals surface area contributed by atoms with Crippen LogP contribution >= 0.6 is 22.9 Å². The van der Waals surface area contributed by atoms with Gasteiger partial charge in [-0.3, -0.25) is 0 Å². The largest absolute Gasteiger partial charge is 0.387 e. The van der Waals surface area contributed by atoms with Crippen LogP contribution in [0.3, 0.4) is 0 Å². The minimum absolute atomic E-state index is 0.171. The summed E-state index contributed by atoms with van der Waals surface area (Å²) in [5, 5.41) is 10.8. The molecule has 2 nitrogen and oxygen atoms in total. The molecule has 1 unspecified atom stereocenters. The Morgan fingerprint density at radius 1 is 1.40 bits per heavy atom. The van der Waals surface area contributed by atoms with Gasteiger partial charge >= 0.3 is 0 Å². The highest BCUT2D eigenvalue weighted by Crippen LogP contribution is 2.51. The Labute approximate surface area is 131 Å². The molecule has 0 saturated heterocycles. The fourth-order valence-electron chi connectivity index (χ4n) is 3.42. The van der Waals surface area contributed by atoms with Crippen molar-refractivity contribution < 1.29 is 5.11 Å². The van der Waals surface area contributed by atoms with E-state index in [2.05, 4.69) is 20.8 Å². The zero-order valence-electron chi connectivity index (χ0n) is 12.7. The van der Waals surface area contributed by atoms with Crippen molar-refractivity contribution in [3.8, 4) is 0 Å². The van der Waals surface area contributed by atoms with Crippen LogP contribution in [0.15, 0.2) is 12.1 Å². The first-order valence-corrected chi connectivity index (χ1v) is 8.61. The molecule has 4 heteroatoms. The maximum Gasteiger partial charge on any atom is 0.0950 e. The standard InChI is InChI=1S/C16H26ClNOS/c1-15(2,3)11-6-8-16(10-18,9-7-11)14(19)12-4-5-13(17)20-12/h4-5,11,14,19H,6-10,18H2,1-3H3. The summed E-state index contributed by atoms with van der Waals surface area (Å²) in [6.07, 6.45) is 3.82. The molecule has 0 radical (unpaired) electrons. The number of thiophene rings is 1. The van der Waals surface area contributed by atoms with E-state index < -0.39 is 6.10 Å². The molecule has 0 spiro atoms. The molecule has 1 aliphatic carbocycles. The Bertz CT molecular complexity index is 444. The maximum atomic E-state index is 10.8. The molecule has 1 atom stereocenters. The predicted octanol–water partition coefficient (Wildman–Crippen LogP) is 4.62. The lowest BCUT2D eigenvalue weighted by Crippen LogP contribution is -2.41. The van der Waals surface area contributed by atoms with Gasteiger partial charge in [-0.1, -0.05) is 32.4 Å². The van der Waals surface area contributed by atoms with E-state index >= 15 is 0 Å². The van der Waals surface area contributed by atoms with Crippen LogP contribution < -0.4 is 5.73 Å². The molecule has 2 rings (SSSR count). The summed E-state index contributed by atoms with van der Waals surface area (Å²) in [4.78, 5) is 0.953. The van der Waals surface area contributed by atoms with Crippen molar-refractivity contribution in [1.82, 2.24) is 0 Å². The normalized spacial score (nSPS) is 29.4. The summed E-state index contributed by atoms with van der Waals surface area (Å²) in [5.41, 5.74) is 6.22. The molecule has 1 aromatic heterocycles. The third kappa shape index (κ3) is 3.22. The highest BCUT2D eigenvalue weighted by atomic mass is 35.5. The molecule has 0 amide bonds. The summed E-state index contributed by atoms with van der Waals surface area (Å²) in [7, 11) is 0. The molecule has 0 bridgehead atoms. The van der Waals surface area contributed by atoms with Crippen LogP contribution in [0, 0.1) is 16.7 Å².